The van der Waals surface area contributed by atoms with Crippen molar-refractivity contribution in [1.82, 2.24) is 4.57 Å². The summed E-state index contributed by atoms with van der Waals surface area (Å²) in [4.78, 5) is 35.6. The van der Waals surface area contributed by atoms with Crippen LogP contribution in [-0.2, 0) is 4.79 Å². The van der Waals surface area contributed by atoms with Crippen molar-refractivity contribution in [3.63, 3.8) is 0 Å². The van der Waals surface area contributed by atoms with Crippen LogP contribution < -0.4 is 10.2 Å². The number of pyridine rings is 1. The third kappa shape index (κ3) is 3.00. The second-order valence-electron chi connectivity index (χ2n) is 5.85. The molecule has 9 heteroatoms. The molecule has 0 aliphatic carbocycles. The first-order valence-corrected chi connectivity index (χ1v) is 7.72. The van der Waals surface area contributed by atoms with E-state index in [9.17, 15) is 33.4 Å². The van der Waals surface area contributed by atoms with E-state index in [2.05, 4.69) is 0 Å². The summed E-state index contributed by atoms with van der Waals surface area (Å²) in [7, 11) is 1.04. The van der Waals surface area contributed by atoms with Crippen LogP contribution in [0.2, 0.25) is 0 Å². The molecule has 2 rings (SSSR count). The Labute approximate surface area is 146 Å². The number of carboxylic acids is 2. The summed E-state index contributed by atoms with van der Waals surface area (Å²) in [6, 6.07) is -0.770. The Morgan fingerprint density at radius 3 is 2.38 bits per heavy atom. The van der Waals surface area contributed by atoms with Crippen LogP contribution in [0.25, 0.3) is 10.9 Å². The number of aliphatic carboxylic acids is 1. The van der Waals surface area contributed by atoms with E-state index in [1.165, 1.54) is 0 Å². The van der Waals surface area contributed by atoms with E-state index in [1.807, 2.05) is 0 Å². The molecule has 2 N–H and O–H groups in total. The van der Waals surface area contributed by atoms with E-state index >= 15 is 0 Å². The fourth-order valence-electron chi connectivity index (χ4n) is 2.85. The minimum Gasteiger partial charge on any atom is -0.491 e. The van der Waals surface area contributed by atoms with E-state index in [-0.39, 0.29) is 5.52 Å². The number of halogens is 2. The van der Waals surface area contributed by atoms with Crippen molar-refractivity contribution in [3.8, 4) is 5.75 Å². The molecule has 26 heavy (non-hydrogen) atoms. The number of methoxy groups -OCH3 is 1. The monoisotopic (exact) mass is 369 g/mol. The quantitative estimate of drug-likeness (QED) is 0.811. The van der Waals surface area contributed by atoms with Gasteiger partial charge in [0, 0.05) is 6.20 Å². The molecule has 1 aromatic heterocycles. The van der Waals surface area contributed by atoms with Gasteiger partial charge in [-0.2, -0.15) is 4.39 Å². The highest BCUT2D eigenvalue weighted by atomic mass is 19.2. The van der Waals surface area contributed by atoms with Crippen LogP contribution in [-0.4, -0.2) is 33.8 Å². The molecule has 0 saturated carbocycles. The highest BCUT2D eigenvalue weighted by molar-refractivity contribution is 5.95. The van der Waals surface area contributed by atoms with Gasteiger partial charge in [-0.05, 0) is 12.0 Å². The number of carboxylic acid groups (broad SMARTS) is 2. The van der Waals surface area contributed by atoms with Crippen molar-refractivity contribution in [2.75, 3.05) is 7.11 Å². The van der Waals surface area contributed by atoms with Crippen LogP contribution in [0.5, 0.6) is 5.75 Å². The van der Waals surface area contributed by atoms with Crippen LogP contribution in [0, 0.1) is 17.6 Å². The van der Waals surface area contributed by atoms with E-state index < -0.39 is 57.7 Å². The second kappa shape index (κ2) is 7.11. The summed E-state index contributed by atoms with van der Waals surface area (Å²) >= 11 is 0. The largest absolute Gasteiger partial charge is 0.491 e. The van der Waals surface area contributed by atoms with Gasteiger partial charge in [0.2, 0.25) is 11.2 Å². The van der Waals surface area contributed by atoms with Gasteiger partial charge in [0.25, 0.3) is 0 Å². The minimum absolute atomic E-state index is 0.311. The van der Waals surface area contributed by atoms with Crippen molar-refractivity contribution >= 4 is 22.8 Å². The molecule has 0 aliphatic rings. The maximum absolute atomic E-state index is 14.2. The van der Waals surface area contributed by atoms with Gasteiger partial charge in [-0.15, -0.1) is 0 Å². The van der Waals surface area contributed by atoms with Crippen LogP contribution in [0.1, 0.15) is 36.7 Å². The van der Waals surface area contributed by atoms with Gasteiger partial charge in [-0.25, -0.2) is 14.0 Å². The normalized spacial score (nSPS) is 13.4. The number of rotatable bonds is 6. The lowest BCUT2D eigenvalue weighted by Crippen LogP contribution is -2.29. The van der Waals surface area contributed by atoms with Crippen LogP contribution in [0.4, 0.5) is 8.78 Å². The Morgan fingerprint density at radius 1 is 1.31 bits per heavy atom. The van der Waals surface area contributed by atoms with Gasteiger partial charge in [-0.1, -0.05) is 20.3 Å². The summed E-state index contributed by atoms with van der Waals surface area (Å²) in [6.45, 7) is 3.33. The zero-order valence-electron chi connectivity index (χ0n) is 14.2. The second-order valence-corrected chi connectivity index (χ2v) is 5.85. The highest BCUT2D eigenvalue weighted by Crippen LogP contribution is 2.34. The maximum atomic E-state index is 14.2. The van der Waals surface area contributed by atoms with Crippen molar-refractivity contribution in [2.24, 2.45) is 5.92 Å². The molecular weight excluding hydrogens is 352 g/mol. The van der Waals surface area contributed by atoms with Gasteiger partial charge >= 0.3 is 11.9 Å². The van der Waals surface area contributed by atoms with Gasteiger partial charge in [-0.3, -0.25) is 4.79 Å². The lowest BCUT2D eigenvalue weighted by atomic mass is 9.97. The fourth-order valence-corrected chi connectivity index (χ4v) is 2.85. The molecule has 7 nitrogen and oxygen atoms in total. The molecule has 0 spiro atoms. The van der Waals surface area contributed by atoms with Gasteiger partial charge in [0.1, 0.15) is 11.6 Å². The number of benzene rings is 1. The number of fused-ring (bicyclic) bond motifs is 1. The smallest absolute Gasteiger partial charge is 0.341 e. The average molecular weight is 369 g/mol. The zero-order valence-corrected chi connectivity index (χ0v) is 14.2. The molecule has 0 radical (unpaired) electrons. The molecule has 2 atom stereocenters. The van der Waals surface area contributed by atoms with Crippen molar-refractivity contribution in [2.45, 2.75) is 26.3 Å². The lowest BCUT2D eigenvalue weighted by molar-refractivity contribution is -0.142. The molecule has 0 unspecified atom stereocenters. The topological polar surface area (TPSA) is 106 Å². The molecule has 0 aliphatic heterocycles. The molecule has 0 amide bonds. The Balaban J connectivity index is 3.11. The minimum atomic E-state index is -1.61. The molecule has 1 heterocycles. The third-order valence-corrected chi connectivity index (χ3v) is 4.34. The molecular formula is C17H17F2NO6. The van der Waals surface area contributed by atoms with Crippen LogP contribution in [0.15, 0.2) is 17.1 Å². The van der Waals surface area contributed by atoms with Crippen LogP contribution >= 0.6 is 0 Å². The van der Waals surface area contributed by atoms with E-state index in [0.29, 0.717) is 12.5 Å². The zero-order chi connectivity index (χ0) is 19.8. The number of aromatic nitrogens is 1. The van der Waals surface area contributed by atoms with Crippen molar-refractivity contribution < 1.29 is 33.3 Å². The highest BCUT2D eigenvalue weighted by Gasteiger charge is 2.31. The number of aromatic carboxylic acids is 1. The summed E-state index contributed by atoms with van der Waals surface area (Å²) in [5.41, 5.74) is -2.12. The van der Waals surface area contributed by atoms with Crippen molar-refractivity contribution in [3.05, 3.63) is 39.7 Å². The first-order chi connectivity index (χ1) is 12.1. The lowest BCUT2D eigenvalue weighted by Gasteiger charge is -2.25. The standard InChI is InChI=1S/C17H17F2NO6/c1-4-7(2)12(17(24)25)20-6-9(16(22)23)14(21)8-5-10(18)11(19)15(26-3)13(8)20/h5-7,12H,4H2,1-3H3,(H,22,23)(H,24,25)/t7-,12-/m0/s1. The summed E-state index contributed by atoms with van der Waals surface area (Å²) in [5, 5.41) is 18.4. The third-order valence-electron chi connectivity index (χ3n) is 4.34. The maximum Gasteiger partial charge on any atom is 0.341 e. The molecule has 2 aromatic rings. The van der Waals surface area contributed by atoms with Gasteiger partial charge < -0.3 is 19.5 Å². The Bertz CT molecular complexity index is 953. The summed E-state index contributed by atoms with van der Waals surface area (Å²) in [5.74, 6) is -6.89. The van der Waals surface area contributed by atoms with E-state index in [0.717, 1.165) is 17.9 Å². The van der Waals surface area contributed by atoms with E-state index in [1.54, 1.807) is 13.8 Å². The SMILES string of the molecule is CC[C@H](C)[C@@H](C(=O)O)n1cc(C(=O)O)c(=O)c2cc(F)c(F)c(OC)c21. The van der Waals surface area contributed by atoms with Crippen LogP contribution in [0.3, 0.4) is 0 Å². The van der Waals surface area contributed by atoms with Gasteiger partial charge in [0.05, 0.1) is 18.0 Å². The van der Waals surface area contributed by atoms with Crippen molar-refractivity contribution in [1.29, 1.82) is 0 Å². The predicted octanol–water partition coefficient (Wildman–Crippen LogP) is 2.66. The Kier molecular flexibility index (Phi) is 5.29. The molecule has 0 saturated heterocycles. The fraction of sp³-hybridized carbons (Fsp3) is 0.353. The van der Waals surface area contributed by atoms with E-state index in [4.69, 9.17) is 4.74 Å². The number of carbonyl (C=O) groups is 2. The first kappa shape index (κ1) is 19.4. The first-order valence-electron chi connectivity index (χ1n) is 7.72. The molecule has 1 aromatic carbocycles. The number of nitrogens with zero attached hydrogens (tertiary/aromatic N) is 1. The summed E-state index contributed by atoms with van der Waals surface area (Å²) < 4.78 is 33.8. The summed E-state index contributed by atoms with van der Waals surface area (Å²) in [6.07, 6.45) is 1.23. The molecule has 0 bridgehead atoms. The van der Waals surface area contributed by atoms with Gasteiger partial charge in [0.15, 0.2) is 11.6 Å². The number of hydrogen-bond acceptors (Lipinski definition) is 4. The Morgan fingerprint density at radius 2 is 1.92 bits per heavy atom. The predicted molar refractivity (Wildman–Crippen MR) is 87.8 cm³/mol. The molecule has 140 valence electrons. The Hall–Kier alpha value is -2.97. The molecule has 0 fully saturated rings. The average Bonchev–Trinajstić information content (AvgIpc) is 2.58. The number of hydrogen-bond donors (Lipinski definition) is 2. The number of ether oxygens (including phenoxy) is 1.